The number of nitrogens with two attached hydrogens (primary N) is 1. The van der Waals surface area contributed by atoms with Gasteiger partial charge in [-0.05, 0) is 37.6 Å². The van der Waals surface area contributed by atoms with Crippen LogP contribution in [-0.2, 0) is 11.3 Å². The summed E-state index contributed by atoms with van der Waals surface area (Å²) >= 11 is 4.85. The highest BCUT2D eigenvalue weighted by molar-refractivity contribution is 7.80. The Morgan fingerprint density at radius 3 is 2.90 bits per heavy atom. The third-order valence-electron chi connectivity index (χ3n) is 4.03. The van der Waals surface area contributed by atoms with E-state index in [1.807, 2.05) is 6.92 Å². The van der Waals surface area contributed by atoms with Gasteiger partial charge in [0.25, 0.3) is 0 Å². The summed E-state index contributed by atoms with van der Waals surface area (Å²) in [6, 6.07) is 4.80. The smallest absolute Gasteiger partial charge is 0.227 e. The molecule has 1 heterocycles. The first kappa shape index (κ1) is 15.9. The number of benzene rings is 1. The van der Waals surface area contributed by atoms with Crippen LogP contribution in [0.15, 0.2) is 18.2 Å². The van der Waals surface area contributed by atoms with Gasteiger partial charge < -0.3 is 11.1 Å². The van der Waals surface area contributed by atoms with Crippen LogP contribution in [0, 0.1) is 11.2 Å². The van der Waals surface area contributed by atoms with E-state index in [1.54, 1.807) is 19.2 Å². The molecular formula is C15H20FN3OS. The molecule has 0 radical (unpaired) electrons. The van der Waals surface area contributed by atoms with Crippen molar-refractivity contribution in [2.24, 2.45) is 11.1 Å². The molecule has 1 aliphatic heterocycles. The number of hydrogen-bond donors (Lipinski definition) is 2. The summed E-state index contributed by atoms with van der Waals surface area (Å²) < 4.78 is 13.6. The summed E-state index contributed by atoms with van der Waals surface area (Å²) in [6.07, 6.45) is 0.816. The van der Waals surface area contributed by atoms with Gasteiger partial charge in [0.2, 0.25) is 5.91 Å². The number of hydrogen-bond acceptors (Lipinski definition) is 3. The van der Waals surface area contributed by atoms with Crippen LogP contribution in [0.3, 0.4) is 0 Å². The van der Waals surface area contributed by atoms with E-state index in [0.717, 1.165) is 18.5 Å². The Morgan fingerprint density at radius 2 is 2.29 bits per heavy atom. The summed E-state index contributed by atoms with van der Waals surface area (Å²) in [7, 11) is 1.66. The number of carbonyl (C=O) groups excluding carboxylic acids is 1. The van der Waals surface area contributed by atoms with Crippen LogP contribution in [0.5, 0.6) is 0 Å². The molecule has 1 aliphatic rings. The second-order valence-electron chi connectivity index (χ2n) is 5.78. The monoisotopic (exact) mass is 309 g/mol. The maximum Gasteiger partial charge on any atom is 0.227 e. The molecule has 0 spiro atoms. The highest BCUT2D eigenvalue weighted by atomic mass is 32.1. The maximum absolute atomic E-state index is 13.6. The molecule has 1 aromatic rings. The molecule has 114 valence electrons. The fraction of sp³-hybridized carbons (Fsp3) is 0.467. The lowest BCUT2D eigenvalue weighted by Gasteiger charge is -2.23. The van der Waals surface area contributed by atoms with Crippen molar-refractivity contribution in [2.75, 3.05) is 20.1 Å². The number of carbonyl (C=O) groups is 1. The van der Waals surface area contributed by atoms with Crippen molar-refractivity contribution in [1.82, 2.24) is 10.2 Å². The van der Waals surface area contributed by atoms with Gasteiger partial charge in [-0.1, -0.05) is 18.3 Å². The molecule has 0 aromatic heterocycles. The largest absolute Gasteiger partial charge is 0.389 e. The number of nitrogens with one attached hydrogen (secondary N) is 1. The van der Waals surface area contributed by atoms with Gasteiger partial charge in [0.05, 0.1) is 5.41 Å². The van der Waals surface area contributed by atoms with E-state index in [9.17, 15) is 9.18 Å². The van der Waals surface area contributed by atoms with E-state index in [2.05, 4.69) is 10.2 Å². The minimum Gasteiger partial charge on any atom is -0.389 e. The maximum atomic E-state index is 13.6. The summed E-state index contributed by atoms with van der Waals surface area (Å²) in [6.45, 7) is 4.15. The zero-order chi connectivity index (χ0) is 15.6. The Balaban J connectivity index is 2.09. The van der Waals surface area contributed by atoms with Gasteiger partial charge >= 0.3 is 0 Å². The van der Waals surface area contributed by atoms with E-state index in [1.165, 1.54) is 6.07 Å². The molecule has 1 amide bonds. The highest BCUT2D eigenvalue weighted by Crippen LogP contribution is 2.31. The Labute approximate surface area is 129 Å². The number of likely N-dealkylation sites (tertiary alicyclic amines) is 1. The summed E-state index contributed by atoms with van der Waals surface area (Å²) in [5.74, 6) is -0.337. The van der Waals surface area contributed by atoms with Crippen LogP contribution >= 0.6 is 12.2 Å². The van der Waals surface area contributed by atoms with Gasteiger partial charge in [0.15, 0.2) is 0 Å². The van der Waals surface area contributed by atoms with Gasteiger partial charge in [-0.2, -0.15) is 0 Å². The Bertz CT molecular complexity index is 578. The van der Waals surface area contributed by atoms with Crippen molar-refractivity contribution in [2.45, 2.75) is 19.9 Å². The molecule has 1 fully saturated rings. The van der Waals surface area contributed by atoms with Gasteiger partial charge in [-0.15, -0.1) is 0 Å². The van der Waals surface area contributed by atoms with Gasteiger partial charge in [-0.3, -0.25) is 9.69 Å². The molecule has 6 heteroatoms. The number of rotatable bonds is 4. The van der Waals surface area contributed by atoms with Crippen molar-refractivity contribution < 1.29 is 9.18 Å². The van der Waals surface area contributed by atoms with Crippen LogP contribution in [0.1, 0.15) is 24.5 Å². The van der Waals surface area contributed by atoms with Crippen molar-refractivity contribution in [1.29, 1.82) is 0 Å². The molecule has 1 aromatic carbocycles. The van der Waals surface area contributed by atoms with Crippen molar-refractivity contribution in [3.8, 4) is 0 Å². The van der Waals surface area contributed by atoms with Crippen LogP contribution < -0.4 is 11.1 Å². The zero-order valence-electron chi connectivity index (χ0n) is 12.3. The lowest BCUT2D eigenvalue weighted by molar-refractivity contribution is -0.129. The standard InChI is InChI=1S/C15H20FN3OS/c1-15(14(20)18-2)5-6-19(9-15)8-10-3-4-12(16)11(7-10)13(17)21/h3-4,7H,5-6,8-9H2,1-2H3,(H2,17,21)(H,18,20). The molecule has 2 rings (SSSR count). The predicted octanol–water partition coefficient (Wildman–Crippen LogP) is 1.42. The highest BCUT2D eigenvalue weighted by Gasteiger charge is 2.39. The second kappa shape index (κ2) is 6.07. The van der Waals surface area contributed by atoms with Crippen molar-refractivity contribution >= 4 is 23.1 Å². The summed E-state index contributed by atoms with van der Waals surface area (Å²) in [5.41, 5.74) is 6.38. The lowest BCUT2D eigenvalue weighted by Crippen LogP contribution is -2.39. The average Bonchev–Trinajstić information content (AvgIpc) is 2.82. The SMILES string of the molecule is CNC(=O)C1(C)CCN(Cc2ccc(F)c(C(N)=S)c2)C1. The first-order valence-corrected chi connectivity index (χ1v) is 7.29. The van der Waals surface area contributed by atoms with E-state index in [4.69, 9.17) is 18.0 Å². The summed E-state index contributed by atoms with van der Waals surface area (Å²) in [4.78, 5) is 14.1. The van der Waals surface area contributed by atoms with Crippen molar-refractivity contribution in [3.63, 3.8) is 0 Å². The lowest BCUT2D eigenvalue weighted by atomic mass is 9.89. The van der Waals surface area contributed by atoms with Crippen molar-refractivity contribution in [3.05, 3.63) is 35.1 Å². The summed E-state index contributed by atoms with van der Waals surface area (Å²) in [5, 5.41) is 2.71. The van der Waals surface area contributed by atoms with Crippen LogP contribution in [0.2, 0.25) is 0 Å². The fourth-order valence-corrected chi connectivity index (χ4v) is 2.95. The normalized spacial score (nSPS) is 22.2. The first-order chi connectivity index (χ1) is 9.85. The molecule has 1 atom stereocenters. The van der Waals surface area contributed by atoms with E-state index >= 15 is 0 Å². The Morgan fingerprint density at radius 1 is 1.57 bits per heavy atom. The third-order valence-corrected chi connectivity index (χ3v) is 4.25. The third kappa shape index (κ3) is 3.39. The molecule has 1 unspecified atom stereocenters. The van der Waals surface area contributed by atoms with E-state index in [0.29, 0.717) is 13.1 Å². The number of nitrogens with zero attached hydrogens (tertiary/aromatic N) is 1. The van der Waals surface area contributed by atoms with Crippen LogP contribution in [0.4, 0.5) is 4.39 Å². The first-order valence-electron chi connectivity index (χ1n) is 6.88. The van der Waals surface area contributed by atoms with E-state index in [-0.39, 0.29) is 21.9 Å². The molecule has 0 bridgehead atoms. The molecule has 0 saturated carbocycles. The zero-order valence-corrected chi connectivity index (χ0v) is 13.1. The Kier molecular flexibility index (Phi) is 4.58. The molecule has 4 nitrogen and oxygen atoms in total. The van der Waals surface area contributed by atoms with Gasteiger partial charge in [0, 0.05) is 25.7 Å². The molecule has 0 aliphatic carbocycles. The minimum atomic E-state index is -0.400. The van der Waals surface area contributed by atoms with Crippen LogP contribution in [-0.4, -0.2) is 35.9 Å². The quantitative estimate of drug-likeness (QED) is 0.826. The number of amides is 1. The fourth-order valence-electron chi connectivity index (χ4n) is 2.80. The van der Waals surface area contributed by atoms with Gasteiger partial charge in [0.1, 0.15) is 10.8 Å². The second-order valence-corrected chi connectivity index (χ2v) is 6.22. The van der Waals surface area contributed by atoms with Gasteiger partial charge in [-0.25, -0.2) is 4.39 Å². The molecular weight excluding hydrogens is 289 g/mol. The number of thiocarbonyl (C=S) groups is 1. The average molecular weight is 309 g/mol. The van der Waals surface area contributed by atoms with E-state index < -0.39 is 5.82 Å². The molecule has 1 saturated heterocycles. The van der Waals surface area contributed by atoms with Crippen LogP contribution in [0.25, 0.3) is 0 Å². The Hall–Kier alpha value is -1.53. The minimum absolute atomic E-state index is 0.0611. The number of halogens is 1. The molecule has 21 heavy (non-hydrogen) atoms. The predicted molar refractivity (Wildman–Crippen MR) is 84.4 cm³/mol. The molecule has 3 N–H and O–H groups in total. The topological polar surface area (TPSA) is 58.4 Å².